The Balaban J connectivity index is 3.02. The Morgan fingerprint density at radius 2 is 1.88 bits per heavy atom. The Morgan fingerprint density at radius 3 is 2.35 bits per heavy atom. The number of Topliss-reactive ketones (excluding diaryl/α,β-unsaturated/α-hetero) is 1. The number of hydrogen-bond acceptors (Lipinski definition) is 2. The minimum absolute atomic E-state index is 0.0972. The van der Waals surface area contributed by atoms with E-state index >= 15 is 0 Å². The molecular weight excluding hydrogens is 303 g/mol. The number of amides is 1. The van der Waals surface area contributed by atoms with Crippen molar-refractivity contribution in [3.8, 4) is 0 Å². The summed E-state index contributed by atoms with van der Waals surface area (Å²) in [6.07, 6.45) is -4.97. The normalized spacial score (nSPS) is 11.1. The molecule has 0 radical (unpaired) electrons. The first-order chi connectivity index (χ1) is 7.71. The zero-order valence-electron chi connectivity index (χ0n) is 8.56. The van der Waals surface area contributed by atoms with Gasteiger partial charge < -0.3 is 5.32 Å². The van der Waals surface area contributed by atoms with Crippen LogP contribution in [0.25, 0.3) is 0 Å². The third kappa shape index (κ3) is 3.55. The van der Waals surface area contributed by atoms with Crippen molar-refractivity contribution in [3.05, 3.63) is 28.2 Å². The highest BCUT2D eigenvalue weighted by atomic mass is 79.9. The molecule has 0 saturated carbocycles. The Hall–Kier alpha value is -1.37. The number of hydrogen-bond donors (Lipinski definition) is 1. The molecule has 0 aliphatic carbocycles. The number of alkyl halides is 3. The zero-order valence-corrected chi connectivity index (χ0v) is 10.1. The third-order valence-corrected chi connectivity index (χ3v) is 2.57. The average molecular weight is 310 g/mol. The zero-order chi connectivity index (χ0) is 13.2. The summed E-state index contributed by atoms with van der Waals surface area (Å²) in [6.45, 7) is 1.28. The van der Waals surface area contributed by atoms with Crippen LogP contribution in [-0.2, 0) is 4.79 Å². The number of benzene rings is 1. The maximum absolute atomic E-state index is 12.0. The van der Waals surface area contributed by atoms with E-state index in [1.165, 1.54) is 25.1 Å². The molecular formula is C10H7BrF3NO2. The van der Waals surface area contributed by atoms with Crippen LogP contribution in [0.2, 0.25) is 0 Å². The van der Waals surface area contributed by atoms with E-state index in [9.17, 15) is 22.8 Å². The summed E-state index contributed by atoms with van der Waals surface area (Å²) in [5, 5.41) is 1.68. The van der Waals surface area contributed by atoms with Gasteiger partial charge in [0.15, 0.2) is 5.78 Å². The molecule has 1 rings (SSSR count). The second-order valence-corrected chi connectivity index (χ2v) is 4.06. The first-order valence-corrected chi connectivity index (χ1v) is 5.20. The van der Waals surface area contributed by atoms with Crippen LogP contribution in [0.1, 0.15) is 17.3 Å². The number of halogens is 4. The molecule has 0 aliphatic rings. The molecule has 0 unspecified atom stereocenters. The Bertz CT molecular complexity index is 471. The topological polar surface area (TPSA) is 46.2 Å². The fraction of sp³-hybridized carbons (Fsp3) is 0.200. The molecule has 1 aromatic rings. The summed E-state index contributed by atoms with van der Waals surface area (Å²) in [4.78, 5) is 21.8. The summed E-state index contributed by atoms with van der Waals surface area (Å²) in [5.74, 6) is -2.39. The maximum Gasteiger partial charge on any atom is 0.471 e. The predicted molar refractivity (Wildman–Crippen MR) is 58.8 cm³/mol. The van der Waals surface area contributed by atoms with E-state index in [1.807, 2.05) is 0 Å². The van der Waals surface area contributed by atoms with Gasteiger partial charge in [0.05, 0.1) is 5.69 Å². The Labute approximate surface area is 103 Å². The first-order valence-electron chi connectivity index (χ1n) is 4.40. The van der Waals surface area contributed by atoms with E-state index in [4.69, 9.17) is 0 Å². The lowest BCUT2D eigenvalue weighted by Crippen LogP contribution is -2.30. The molecule has 92 valence electrons. The highest BCUT2D eigenvalue weighted by Crippen LogP contribution is 2.26. The number of rotatable bonds is 2. The maximum atomic E-state index is 12.0. The summed E-state index contributed by atoms with van der Waals surface area (Å²) >= 11 is 2.98. The molecule has 1 amide bonds. The van der Waals surface area contributed by atoms with Gasteiger partial charge in [0.25, 0.3) is 0 Å². The van der Waals surface area contributed by atoms with Crippen molar-refractivity contribution in [3.63, 3.8) is 0 Å². The molecule has 0 fully saturated rings. The smallest absolute Gasteiger partial charge is 0.317 e. The summed E-state index contributed by atoms with van der Waals surface area (Å²) in [5.41, 5.74) is 0.116. The van der Waals surface area contributed by atoms with Crippen LogP contribution in [0, 0.1) is 0 Å². The van der Waals surface area contributed by atoms with Gasteiger partial charge in [-0.15, -0.1) is 0 Å². The van der Waals surface area contributed by atoms with Gasteiger partial charge in [-0.2, -0.15) is 13.2 Å². The van der Waals surface area contributed by atoms with Gasteiger partial charge in [-0.05, 0) is 35.0 Å². The molecule has 7 heteroatoms. The third-order valence-electron chi connectivity index (χ3n) is 1.88. The molecule has 3 nitrogen and oxygen atoms in total. The van der Waals surface area contributed by atoms with Gasteiger partial charge in [0.2, 0.25) is 0 Å². The summed E-state index contributed by atoms with van der Waals surface area (Å²) in [7, 11) is 0. The molecule has 0 atom stereocenters. The fourth-order valence-corrected chi connectivity index (χ4v) is 1.38. The second-order valence-electron chi connectivity index (χ2n) is 3.20. The largest absolute Gasteiger partial charge is 0.471 e. The quantitative estimate of drug-likeness (QED) is 0.853. The van der Waals surface area contributed by atoms with E-state index in [1.54, 1.807) is 5.32 Å². The van der Waals surface area contributed by atoms with E-state index in [0.717, 1.165) is 0 Å². The number of carbonyl (C=O) groups is 2. The Morgan fingerprint density at radius 1 is 1.29 bits per heavy atom. The van der Waals surface area contributed by atoms with Crippen LogP contribution < -0.4 is 5.32 Å². The van der Waals surface area contributed by atoms with Crippen molar-refractivity contribution >= 4 is 33.3 Å². The number of ketones is 1. The molecule has 1 N–H and O–H groups in total. The number of anilines is 1. The van der Waals surface area contributed by atoms with Gasteiger partial charge in [-0.1, -0.05) is 6.07 Å². The van der Waals surface area contributed by atoms with Crippen molar-refractivity contribution in [1.29, 1.82) is 0 Å². The van der Waals surface area contributed by atoms with Crippen molar-refractivity contribution in [2.75, 3.05) is 5.32 Å². The van der Waals surface area contributed by atoms with Gasteiger partial charge in [-0.3, -0.25) is 9.59 Å². The highest BCUT2D eigenvalue weighted by molar-refractivity contribution is 9.10. The highest BCUT2D eigenvalue weighted by Gasteiger charge is 2.38. The Kier molecular flexibility index (Phi) is 3.92. The lowest BCUT2D eigenvalue weighted by atomic mass is 10.1. The van der Waals surface area contributed by atoms with Crippen LogP contribution in [0.4, 0.5) is 18.9 Å². The predicted octanol–water partition coefficient (Wildman–Crippen LogP) is 3.15. The minimum atomic E-state index is -4.97. The summed E-state index contributed by atoms with van der Waals surface area (Å²) in [6, 6.07) is 4.01. The van der Waals surface area contributed by atoms with Gasteiger partial charge in [-0.25, -0.2) is 0 Å². The van der Waals surface area contributed by atoms with Crippen molar-refractivity contribution < 1.29 is 22.8 Å². The van der Waals surface area contributed by atoms with E-state index < -0.39 is 12.1 Å². The van der Waals surface area contributed by atoms with Gasteiger partial charge in [0.1, 0.15) is 0 Å². The summed E-state index contributed by atoms with van der Waals surface area (Å²) < 4.78 is 36.4. The van der Waals surface area contributed by atoms with Crippen molar-refractivity contribution in [1.82, 2.24) is 0 Å². The first kappa shape index (κ1) is 13.7. The van der Waals surface area contributed by atoms with Gasteiger partial charge >= 0.3 is 12.1 Å². The van der Waals surface area contributed by atoms with Crippen LogP contribution in [0.15, 0.2) is 22.7 Å². The van der Waals surface area contributed by atoms with E-state index in [2.05, 4.69) is 15.9 Å². The average Bonchev–Trinajstić information content (AvgIpc) is 2.19. The second kappa shape index (κ2) is 4.87. The molecule has 0 saturated heterocycles. The molecule has 0 aliphatic heterocycles. The van der Waals surface area contributed by atoms with Crippen LogP contribution in [0.3, 0.4) is 0 Å². The van der Waals surface area contributed by atoms with Crippen molar-refractivity contribution in [2.24, 2.45) is 0 Å². The number of carbonyl (C=O) groups excluding carboxylic acids is 2. The van der Waals surface area contributed by atoms with Gasteiger partial charge in [0, 0.05) is 10.0 Å². The molecule has 0 bridgehead atoms. The lowest BCUT2D eigenvalue weighted by Gasteiger charge is -2.10. The minimum Gasteiger partial charge on any atom is -0.317 e. The molecule has 0 heterocycles. The van der Waals surface area contributed by atoms with E-state index in [0.29, 0.717) is 0 Å². The van der Waals surface area contributed by atoms with Crippen LogP contribution in [0.5, 0.6) is 0 Å². The SMILES string of the molecule is CC(=O)c1ccc(Br)c(NC(=O)C(F)(F)F)c1. The fourth-order valence-electron chi connectivity index (χ4n) is 1.03. The monoisotopic (exact) mass is 309 g/mol. The van der Waals surface area contributed by atoms with Crippen LogP contribution >= 0.6 is 15.9 Å². The lowest BCUT2D eigenvalue weighted by molar-refractivity contribution is -0.167. The van der Waals surface area contributed by atoms with E-state index in [-0.39, 0.29) is 21.5 Å². The van der Waals surface area contributed by atoms with Crippen molar-refractivity contribution in [2.45, 2.75) is 13.1 Å². The molecule has 0 aromatic heterocycles. The molecule has 0 spiro atoms. The number of nitrogens with one attached hydrogen (secondary N) is 1. The standard InChI is InChI=1S/C10H7BrF3NO2/c1-5(16)6-2-3-7(11)8(4-6)15-9(17)10(12,13)14/h2-4H,1H3,(H,15,17). The molecule has 1 aromatic carbocycles. The molecule has 17 heavy (non-hydrogen) atoms. The van der Waals surface area contributed by atoms with Crippen LogP contribution in [-0.4, -0.2) is 17.9 Å².